The Kier molecular flexibility index (Phi) is 8.60. The number of hydrogen-bond donors (Lipinski definition) is 0. The van der Waals surface area contributed by atoms with Crippen LogP contribution in [-0.2, 0) is 6.61 Å². The maximum Gasteiger partial charge on any atom is 0.282 e. The topological polar surface area (TPSA) is 118 Å². The molecule has 0 bridgehead atoms. The first-order chi connectivity index (χ1) is 18.7. The van der Waals surface area contributed by atoms with Gasteiger partial charge in [-0.05, 0) is 42.3 Å². The van der Waals surface area contributed by atoms with Crippen LogP contribution in [0.2, 0.25) is 0 Å². The molecule has 11 heteroatoms. The predicted molar refractivity (Wildman–Crippen MR) is 152 cm³/mol. The Balaban J connectivity index is 1.71. The molecule has 0 N–H and O–H groups in total. The fourth-order valence-corrected chi connectivity index (χ4v) is 4.30. The predicted octanol–water partition coefficient (Wildman–Crippen LogP) is 6.06. The number of nitro groups is 1. The van der Waals surface area contributed by atoms with Crippen molar-refractivity contribution in [3.05, 3.63) is 96.5 Å². The summed E-state index contributed by atoms with van der Waals surface area (Å²) in [4.78, 5) is 28.8. The van der Waals surface area contributed by atoms with E-state index < -0.39 is 4.92 Å². The zero-order valence-corrected chi connectivity index (χ0v) is 23.5. The third kappa shape index (κ3) is 6.09. The largest absolute Gasteiger partial charge is 0.493 e. The maximum atomic E-state index is 13.4. The molecule has 0 radical (unpaired) electrons. The molecule has 3 aromatic carbocycles. The van der Waals surface area contributed by atoms with Crippen LogP contribution >= 0.6 is 15.9 Å². The van der Waals surface area contributed by atoms with E-state index in [1.54, 1.807) is 30.3 Å². The molecular weight excluding hydrogens is 568 g/mol. The molecule has 39 heavy (non-hydrogen) atoms. The van der Waals surface area contributed by atoms with Crippen LogP contribution in [0.25, 0.3) is 10.9 Å². The Morgan fingerprint density at radius 2 is 1.85 bits per heavy atom. The minimum Gasteiger partial charge on any atom is -0.493 e. The average molecular weight is 595 g/mol. The van der Waals surface area contributed by atoms with Gasteiger partial charge in [-0.25, -0.2) is 4.98 Å². The van der Waals surface area contributed by atoms with Gasteiger partial charge in [0.1, 0.15) is 12.4 Å². The normalized spacial score (nSPS) is 12.0. The quantitative estimate of drug-likeness (QED) is 0.124. The second-order valence-electron chi connectivity index (χ2n) is 8.77. The third-order valence-corrected chi connectivity index (χ3v) is 6.69. The Bertz CT molecular complexity index is 1590. The van der Waals surface area contributed by atoms with Crippen molar-refractivity contribution in [2.75, 3.05) is 14.2 Å². The summed E-state index contributed by atoms with van der Waals surface area (Å²) in [5.74, 6) is 1.63. The van der Waals surface area contributed by atoms with Crippen LogP contribution in [0, 0.1) is 10.1 Å². The molecular formula is C28H27BrN4O6. The molecule has 202 valence electrons. The molecule has 0 amide bonds. The molecule has 10 nitrogen and oxygen atoms in total. The lowest BCUT2D eigenvalue weighted by Crippen LogP contribution is -2.23. The Labute approximate surface area is 233 Å². The summed E-state index contributed by atoms with van der Waals surface area (Å²) in [5.41, 5.74) is 1.53. The Morgan fingerprint density at radius 1 is 1.13 bits per heavy atom. The van der Waals surface area contributed by atoms with Crippen LogP contribution < -0.4 is 19.8 Å². The first kappa shape index (κ1) is 27.8. The number of nitro benzene ring substituents is 1. The smallest absolute Gasteiger partial charge is 0.282 e. The fraction of sp³-hybridized carbons (Fsp3) is 0.250. The number of halogens is 1. The minimum atomic E-state index is -0.458. The van der Waals surface area contributed by atoms with Gasteiger partial charge in [0, 0.05) is 28.1 Å². The van der Waals surface area contributed by atoms with Crippen molar-refractivity contribution < 1.29 is 19.1 Å². The van der Waals surface area contributed by atoms with E-state index in [0.29, 0.717) is 45.1 Å². The molecule has 0 aliphatic carbocycles. The number of aromatic nitrogens is 2. The van der Waals surface area contributed by atoms with Crippen molar-refractivity contribution in [3.63, 3.8) is 0 Å². The lowest BCUT2D eigenvalue weighted by atomic mass is 10.1. The van der Waals surface area contributed by atoms with Crippen molar-refractivity contribution >= 4 is 38.7 Å². The van der Waals surface area contributed by atoms with Crippen LogP contribution in [0.1, 0.15) is 43.1 Å². The lowest BCUT2D eigenvalue weighted by molar-refractivity contribution is -0.384. The van der Waals surface area contributed by atoms with Gasteiger partial charge in [-0.3, -0.25) is 14.9 Å². The van der Waals surface area contributed by atoms with Gasteiger partial charge in [0.05, 0.1) is 36.3 Å². The zero-order valence-electron chi connectivity index (χ0n) is 21.9. The number of non-ortho nitro benzene ring substituents is 1. The molecule has 1 aromatic heterocycles. The van der Waals surface area contributed by atoms with E-state index in [1.165, 1.54) is 37.2 Å². The van der Waals surface area contributed by atoms with Crippen LogP contribution in [0.15, 0.2) is 69.0 Å². The average Bonchev–Trinajstić information content (AvgIpc) is 2.95. The van der Waals surface area contributed by atoms with Crippen molar-refractivity contribution in [1.82, 2.24) is 9.66 Å². The molecule has 4 aromatic rings. The van der Waals surface area contributed by atoms with Crippen molar-refractivity contribution in [2.45, 2.75) is 32.8 Å². The first-order valence-corrected chi connectivity index (χ1v) is 12.9. The van der Waals surface area contributed by atoms with E-state index in [4.69, 9.17) is 19.2 Å². The summed E-state index contributed by atoms with van der Waals surface area (Å²) < 4.78 is 19.1. The van der Waals surface area contributed by atoms with Crippen LogP contribution in [0.4, 0.5) is 5.69 Å². The molecule has 0 aliphatic heterocycles. The maximum absolute atomic E-state index is 13.4. The minimum absolute atomic E-state index is 0.00319. The monoisotopic (exact) mass is 594 g/mol. The Morgan fingerprint density at radius 3 is 2.49 bits per heavy atom. The highest BCUT2D eigenvalue weighted by atomic mass is 79.9. The van der Waals surface area contributed by atoms with Crippen molar-refractivity contribution in [2.24, 2.45) is 5.10 Å². The third-order valence-electron chi connectivity index (χ3n) is 6.20. The number of rotatable bonds is 10. The highest BCUT2D eigenvalue weighted by Crippen LogP contribution is 2.39. The molecule has 0 saturated heterocycles. The summed E-state index contributed by atoms with van der Waals surface area (Å²) in [6.07, 6.45) is 2.32. The van der Waals surface area contributed by atoms with Gasteiger partial charge in [-0.2, -0.15) is 9.78 Å². The lowest BCUT2D eigenvalue weighted by Gasteiger charge is -2.16. The molecule has 4 rings (SSSR count). The van der Waals surface area contributed by atoms with Crippen LogP contribution in [0.5, 0.6) is 17.2 Å². The molecule has 0 aliphatic rings. The van der Waals surface area contributed by atoms with E-state index >= 15 is 0 Å². The molecule has 0 fully saturated rings. The highest BCUT2D eigenvalue weighted by molar-refractivity contribution is 9.10. The van der Waals surface area contributed by atoms with Gasteiger partial charge in [-0.1, -0.05) is 41.9 Å². The van der Waals surface area contributed by atoms with Gasteiger partial charge in [-0.15, -0.1) is 0 Å². The van der Waals surface area contributed by atoms with Crippen LogP contribution in [0.3, 0.4) is 0 Å². The second kappa shape index (κ2) is 12.1. The van der Waals surface area contributed by atoms with Gasteiger partial charge in [0.15, 0.2) is 11.5 Å². The molecule has 0 unspecified atom stereocenters. The van der Waals surface area contributed by atoms with E-state index in [-0.39, 0.29) is 23.8 Å². The van der Waals surface area contributed by atoms with E-state index in [0.717, 1.165) is 10.9 Å². The molecule has 0 spiro atoms. The number of methoxy groups -OCH3 is 2. The molecule has 0 saturated carbocycles. The first-order valence-electron chi connectivity index (χ1n) is 12.1. The molecule has 1 atom stereocenters. The summed E-state index contributed by atoms with van der Waals surface area (Å²) >= 11 is 3.42. The number of benzene rings is 3. The second-order valence-corrected chi connectivity index (χ2v) is 9.69. The van der Waals surface area contributed by atoms with E-state index in [9.17, 15) is 14.9 Å². The van der Waals surface area contributed by atoms with E-state index in [2.05, 4.69) is 21.0 Å². The number of ether oxygens (including phenoxy) is 3. The summed E-state index contributed by atoms with van der Waals surface area (Å²) in [6.45, 7) is 4.09. The fourth-order valence-electron chi connectivity index (χ4n) is 3.94. The molecule has 1 heterocycles. The van der Waals surface area contributed by atoms with Crippen LogP contribution in [-0.4, -0.2) is 35.0 Å². The number of hydrogen-bond acceptors (Lipinski definition) is 8. The summed E-state index contributed by atoms with van der Waals surface area (Å²) in [6, 6.07) is 15.0. The summed E-state index contributed by atoms with van der Waals surface area (Å²) in [7, 11) is 2.99. The zero-order chi connectivity index (χ0) is 28.1. The van der Waals surface area contributed by atoms with Gasteiger partial charge < -0.3 is 14.2 Å². The summed E-state index contributed by atoms with van der Waals surface area (Å²) in [5, 5.41) is 16.1. The highest BCUT2D eigenvalue weighted by Gasteiger charge is 2.17. The SMILES string of the molecule is CC[C@@H](C)c1nc2ccc(Br)cc2c(=O)n1N=Cc1cc(OC)c(OCc2cccc([N+](=O)[O-])c2)c(OC)c1. The standard InChI is InChI=1S/C28H27BrN4O6/c1-5-17(2)27-31-23-10-9-20(29)14-22(23)28(34)32(27)30-15-19-12-24(37-3)26(25(13-19)38-4)39-16-18-7-6-8-21(11-18)33(35)36/h6-15,17H,5,16H2,1-4H3/t17-/m1/s1. The van der Waals surface area contributed by atoms with Crippen molar-refractivity contribution in [1.29, 1.82) is 0 Å². The van der Waals surface area contributed by atoms with Gasteiger partial charge in [0.2, 0.25) is 5.75 Å². The number of nitrogens with zero attached hydrogens (tertiary/aromatic N) is 4. The van der Waals surface area contributed by atoms with Gasteiger partial charge in [0.25, 0.3) is 11.2 Å². The van der Waals surface area contributed by atoms with Crippen molar-refractivity contribution in [3.8, 4) is 17.2 Å². The van der Waals surface area contributed by atoms with Gasteiger partial charge >= 0.3 is 0 Å². The number of fused-ring (bicyclic) bond motifs is 1. The van der Waals surface area contributed by atoms with E-state index in [1.807, 2.05) is 26.0 Å². The Hall–Kier alpha value is -4.25.